The number of aromatic nitrogens is 2. The quantitative estimate of drug-likeness (QED) is 0.0600. The van der Waals surface area contributed by atoms with Crippen molar-refractivity contribution in [3.63, 3.8) is 0 Å². The number of hydrogen-bond donors (Lipinski definition) is 0. The number of carbonyl (C=O) groups is 1. The molecule has 3 rings (SSSR count). The van der Waals surface area contributed by atoms with E-state index in [1.54, 1.807) is 24.3 Å². The fourth-order valence-corrected chi connectivity index (χ4v) is 4.65. The molecule has 220 valence electrons. The van der Waals surface area contributed by atoms with Gasteiger partial charge in [0.15, 0.2) is 5.82 Å². The molecule has 0 bridgehead atoms. The maximum atomic E-state index is 12.6. The lowest BCUT2D eigenvalue weighted by Gasteiger charge is -2.08. The predicted molar refractivity (Wildman–Crippen MR) is 169 cm³/mol. The summed E-state index contributed by atoms with van der Waals surface area (Å²) in [7, 11) is 0. The monoisotopic (exact) mass is 556 g/mol. The van der Waals surface area contributed by atoms with Crippen LogP contribution in [0.4, 0.5) is 0 Å². The molecule has 0 amide bonds. The Morgan fingerprint density at radius 2 is 1.46 bits per heavy atom. The van der Waals surface area contributed by atoms with Crippen LogP contribution in [0.15, 0.2) is 73.6 Å². The molecule has 0 saturated heterocycles. The van der Waals surface area contributed by atoms with Crippen molar-refractivity contribution in [2.45, 2.75) is 97.3 Å². The van der Waals surface area contributed by atoms with Crippen LogP contribution in [0.5, 0.6) is 11.5 Å². The minimum Gasteiger partial charge on any atom is -0.494 e. The van der Waals surface area contributed by atoms with Crippen LogP contribution in [0.25, 0.3) is 11.4 Å². The van der Waals surface area contributed by atoms with Crippen LogP contribution in [0.2, 0.25) is 0 Å². The lowest BCUT2D eigenvalue weighted by molar-refractivity contribution is 0.0734. The molecule has 5 heteroatoms. The first-order chi connectivity index (χ1) is 20.1. The Hall–Kier alpha value is -3.47. The van der Waals surface area contributed by atoms with E-state index in [2.05, 4.69) is 30.4 Å². The maximum absolute atomic E-state index is 12.6. The van der Waals surface area contributed by atoms with Gasteiger partial charge in [0.1, 0.15) is 11.5 Å². The molecule has 0 radical (unpaired) electrons. The van der Waals surface area contributed by atoms with Crippen LogP contribution in [-0.2, 0) is 6.42 Å². The van der Waals surface area contributed by atoms with Gasteiger partial charge in [-0.1, -0.05) is 71.3 Å². The molecule has 0 N–H and O–H groups in total. The average molecular weight is 557 g/mol. The van der Waals surface area contributed by atoms with Gasteiger partial charge in [0.05, 0.1) is 12.2 Å². The van der Waals surface area contributed by atoms with Crippen LogP contribution in [-0.4, -0.2) is 22.5 Å². The standard InChI is InChI=1S/C36H48N2O3/c1-4-6-7-8-9-10-11-12-15-26-40-33-22-20-32(21-23-33)36(39)41-34-24-18-31(19-25-34)35-37-27-30(28-38-35)17-14-13-16-29(3)5-2/h4,18-25,27-29H,1,5-17,26H2,2-3H3/t29-/m0/s1. The molecule has 0 saturated carbocycles. The van der Waals surface area contributed by atoms with Gasteiger partial charge >= 0.3 is 5.97 Å². The van der Waals surface area contributed by atoms with Gasteiger partial charge in [0, 0.05) is 18.0 Å². The van der Waals surface area contributed by atoms with Crippen LogP contribution < -0.4 is 9.47 Å². The van der Waals surface area contributed by atoms with Crippen molar-refractivity contribution in [1.29, 1.82) is 0 Å². The van der Waals surface area contributed by atoms with Crippen molar-refractivity contribution in [2.24, 2.45) is 5.92 Å². The highest BCUT2D eigenvalue weighted by molar-refractivity contribution is 5.91. The number of carbonyl (C=O) groups excluding carboxylic acids is 1. The van der Waals surface area contributed by atoms with Crippen LogP contribution >= 0.6 is 0 Å². The van der Waals surface area contributed by atoms with Gasteiger partial charge in [-0.3, -0.25) is 0 Å². The van der Waals surface area contributed by atoms with Crippen LogP contribution in [0, 0.1) is 5.92 Å². The molecule has 0 aliphatic rings. The van der Waals surface area contributed by atoms with E-state index < -0.39 is 5.97 Å². The van der Waals surface area contributed by atoms with Crippen molar-refractivity contribution < 1.29 is 14.3 Å². The zero-order valence-electron chi connectivity index (χ0n) is 25.2. The van der Waals surface area contributed by atoms with E-state index in [-0.39, 0.29) is 0 Å². The molecule has 41 heavy (non-hydrogen) atoms. The largest absolute Gasteiger partial charge is 0.494 e. The summed E-state index contributed by atoms with van der Waals surface area (Å²) in [6, 6.07) is 14.5. The summed E-state index contributed by atoms with van der Waals surface area (Å²) in [5, 5.41) is 0. The first-order valence-corrected chi connectivity index (χ1v) is 15.6. The predicted octanol–water partition coefficient (Wildman–Crippen LogP) is 9.81. The number of ether oxygens (including phenoxy) is 2. The molecule has 5 nitrogen and oxygen atoms in total. The summed E-state index contributed by atoms with van der Waals surface area (Å²) in [5.74, 6) is 2.32. The van der Waals surface area contributed by atoms with E-state index in [0.29, 0.717) is 23.7 Å². The average Bonchev–Trinajstić information content (AvgIpc) is 3.01. The molecular weight excluding hydrogens is 508 g/mol. The molecule has 1 aromatic heterocycles. The molecule has 0 aliphatic heterocycles. The number of rotatable bonds is 20. The Bertz CT molecular complexity index is 1140. The van der Waals surface area contributed by atoms with Gasteiger partial charge < -0.3 is 9.47 Å². The van der Waals surface area contributed by atoms with Gasteiger partial charge in [-0.2, -0.15) is 0 Å². The lowest BCUT2D eigenvalue weighted by atomic mass is 10.00. The number of esters is 1. The highest BCUT2D eigenvalue weighted by Gasteiger charge is 2.10. The van der Waals surface area contributed by atoms with Gasteiger partial charge in [-0.25, -0.2) is 14.8 Å². The zero-order valence-corrected chi connectivity index (χ0v) is 25.2. The molecule has 2 aromatic carbocycles. The van der Waals surface area contributed by atoms with Crippen molar-refractivity contribution >= 4 is 5.97 Å². The molecule has 3 aromatic rings. The van der Waals surface area contributed by atoms with Crippen LogP contribution in [0.1, 0.15) is 107 Å². The highest BCUT2D eigenvalue weighted by Crippen LogP contribution is 2.22. The fourth-order valence-electron chi connectivity index (χ4n) is 4.65. The second-order valence-corrected chi connectivity index (χ2v) is 11.0. The molecule has 0 unspecified atom stereocenters. The molecular formula is C36H48N2O3. The molecule has 0 spiro atoms. The normalized spacial score (nSPS) is 11.7. The number of hydrogen-bond acceptors (Lipinski definition) is 5. The number of benzene rings is 2. The van der Waals surface area contributed by atoms with Crippen molar-refractivity contribution in [3.8, 4) is 22.9 Å². The van der Waals surface area contributed by atoms with Gasteiger partial charge in [0.25, 0.3) is 0 Å². The number of nitrogens with zero attached hydrogens (tertiary/aromatic N) is 2. The molecule has 0 fully saturated rings. The highest BCUT2D eigenvalue weighted by atomic mass is 16.5. The Labute approximate surface area is 247 Å². The number of unbranched alkanes of at least 4 members (excludes halogenated alkanes) is 8. The Balaban J connectivity index is 1.36. The smallest absolute Gasteiger partial charge is 0.343 e. The first kappa shape index (κ1) is 32.0. The van der Waals surface area contributed by atoms with Crippen LogP contribution in [0.3, 0.4) is 0 Å². The maximum Gasteiger partial charge on any atom is 0.343 e. The van der Waals surface area contributed by atoms with Crippen molar-refractivity contribution in [1.82, 2.24) is 9.97 Å². The third kappa shape index (κ3) is 12.3. The van der Waals surface area contributed by atoms with E-state index >= 15 is 0 Å². The molecule has 1 atom stereocenters. The summed E-state index contributed by atoms with van der Waals surface area (Å²) >= 11 is 0. The molecule has 1 heterocycles. The Morgan fingerprint density at radius 3 is 2.12 bits per heavy atom. The van der Waals surface area contributed by atoms with E-state index in [4.69, 9.17) is 9.47 Å². The second-order valence-electron chi connectivity index (χ2n) is 11.0. The SMILES string of the molecule is C=CCCCCCCCCCOc1ccc(C(=O)Oc2ccc(-c3ncc(CCCC[C@@H](C)CC)cn3)cc2)cc1. The topological polar surface area (TPSA) is 61.3 Å². The van der Waals surface area contributed by atoms with E-state index in [1.807, 2.05) is 42.7 Å². The minimum atomic E-state index is -0.397. The summed E-state index contributed by atoms with van der Waals surface area (Å²) in [6.45, 7) is 9.02. The van der Waals surface area contributed by atoms with Gasteiger partial charge in [-0.05, 0) is 92.1 Å². The van der Waals surface area contributed by atoms with Crippen molar-refractivity contribution in [3.05, 3.63) is 84.7 Å². The Kier molecular flexibility index (Phi) is 14.7. The summed E-state index contributed by atoms with van der Waals surface area (Å²) in [6.07, 6.45) is 21.5. The van der Waals surface area contributed by atoms with Gasteiger partial charge in [0.2, 0.25) is 0 Å². The third-order valence-corrected chi connectivity index (χ3v) is 7.55. The minimum absolute atomic E-state index is 0.397. The van der Waals surface area contributed by atoms with E-state index in [1.165, 1.54) is 69.8 Å². The van der Waals surface area contributed by atoms with E-state index in [0.717, 1.165) is 36.5 Å². The lowest BCUT2D eigenvalue weighted by Crippen LogP contribution is -2.08. The third-order valence-electron chi connectivity index (χ3n) is 7.55. The number of aryl methyl sites for hydroxylation is 1. The summed E-state index contributed by atoms with van der Waals surface area (Å²) in [4.78, 5) is 21.7. The second kappa shape index (κ2) is 18.8. The van der Waals surface area contributed by atoms with Gasteiger partial charge in [-0.15, -0.1) is 6.58 Å². The first-order valence-electron chi connectivity index (χ1n) is 15.6. The zero-order chi connectivity index (χ0) is 29.1. The Morgan fingerprint density at radius 1 is 0.829 bits per heavy atom. The van der Waals surface area contributed by atoms with E-state index in [9.17, 15) is 4.79 Å². The number of allylic oxidation sites excluding steroid dienone is 1. The fraction of sp³-hybridized carbons (Fsp3) is 0.472. The van der Waals surface area contributed by atoms with Crippen molar-refractivity contribution in [2.75, 3.05) is 6.61 Å². The molecule has 0 aliphatic carbocycles. The summed E-state index contributed by atoms with van der Waals surface area (Å²) in [5.41, 5.74) is 2.54. The summed E-state index contributed by atoms with van der Waals surface area (Å²) < 4.78 is 11.4.